The molecule has 0 aliphatic heterocycles. The van der Waals surface area contributed by atoms with E-state index in [1.54, 1.807) is 30.3 Å². The van der Waals surface area contributed by atoms with Crippen molar-refractivity contribution in [3.63, 3.8) is 0 Å². The maximum atomic E-state index is 12.8. The Morgan fingerprint density at radius 1 is 0.788 bits per heavy atom. The van der Waals surface area contributed by atoms with Crippen LogP contribution in [0.4, 0.5) is 0 Å². The maximum Gasteiger partial charge on any atom is 0.287 e. The van der Waals surface area contributed by atoms with E-state index in [4.69, 9.17) is 4.42 Å². The van der Waals surface area contributed by atoms with Gasteiger partial charge in [0.05, 0.1) is 16.9 Å². The molecule has 0 bridgehead atoms. The smallest absolute Gasteiger partial charge is 0.287 e. The first-order chi connectivity index (χ1) is 16.0. The molecule has 0 aliphatic carbocycles. The van der Waals surface area contributed by atoms with E-state index in [0.29, 0.717) is 18.5 Å². The summed E-state index contributed by atoms with van der Waals surface area (Å²) in [6, 6.07) is 30.0. The Morgan fingerprint density at radius 2 is 1.33 bits per heavy atom. The van der Waals surface area contributed by atoms with Gasteiger partial charge in [-0.25, -0.2) is 8.42 Å². The Balaban J connectivity index is 1.44. The molecule has 0 saturated carbocycles. The molecule has 6 heteroatoms. The average molecular weight is 460 g/mol. The van der Waals surface area contributed by atoms with Crippen LogP contribution in [0.1, 0.15) is 39.6 Å². The number of amides is 1. The van der Waals surface area contributed by atoms with Gasteiger partial charge in [0.15, 0.2) is 15.6 Å². The highest BCUT2D eigenvalue weighted by molar-refractivity contribution is 7.90. The minimum atomic E-state index is -3.59. The number of hydrogen-bond acceptors (Lipinski definition) is 4. The predicted molar refractivity (Wildman–Crippen MR) is 128 cm³/mol. The summed E-state index contributed by atoms with van der Waals surface area (Å²) < 4.78 is 30.8. The molecule has 1 N–H and O–H groups in total. The topological polar surface area (TPSA) is 76.4 Å². The van der Waals surface area contributed by atoms with Gasteiger partial charge in [0.25, 0.3) is 5.91 Å². The molecule has 1 heterocycles. The van der Waals surface area contributed by atoms with Crippen LogP contribution < -0.4 is 5.32 Å². The molecule has 1 amide bonds. The van der Waals surface area contributed by atoms with Crippen LogP contribution in [0.5, 0.6) is 0 Å². The molecule has 0 unspecified atom stereocenters. The molecule has 168 valence electrons. The highest BCUT2D eigenvalue weighted by Gasteiger charge is 2.23. The van der Waals surface area contributed by atoms with E-state index in [0.717, 1.165) is 0 Å². The Kier molecular flexibility index (Phi) is 7.05. The fourth-order valence-electron chi connectivity index (χ4n) is 3.87. The zero-order chi connectivity index (χ0) is 23.1. The van der Waals surface area contributed by atoms with Crippen molar-refractivity contribution in [1.82, 2.24) is 5.32 Å². The quantitative estimate of drug-likeness (QED) is 0.373. The summed E-state index contributed by atoms with van der Waals surface area (Å²) in [7, 11) is -3.59. The van der Waals surface area contributed by atoms with Crippen LogP contribution in [0, 0.1) is 0 Å². The van der Waals surface area contributed by atoms with Gasteiger partial charge in [0, 0.05) is 18.0 Å². The predicted octanol–water partition coefficient (Wildman–Crippen LogP) is 5.21. The van der Waals surface area contributed by atoms with Gasteiger partial charge in [-0.15, -0.1) is 0 Å². The summed E-state index contributed by atoms with van der Waals surface area (Å²) in [6.45, 7) is 0.416. The van der Waals surface area contributed by atoms with E-state index >= 15 is 0 Å². The molecule has 4 aromatic rings. The van der Waals surface area contributed by atoms with Gasteiger partial charge in [-0.2, -0.15) is 0 Å². The monoisotopic (exact) mass is 459 g/mol. The van der Waals surface area contributed by atoms with Crippen LogP contribution in [0.15, 0.2) is 113 Å². The van der Waals surface area contributed by atoms with Gasteiger partial charge in [0.1, 0.15) is 0 Å². The normalized spacial score (nSPS) is 11.4. The third-order valence-corrected chi connectivity index (χ3v) is 7.20. The maximum absolute atomic E-state index is 12.8. The van der Waals surface area contributed by atoms with E-state index in [2.05, 4.69) is 29.6 Å². The lowest BCUT2D eigenvalue weighted by Crippen LogP contribution is -2.26. The van der Waals surface area contributed by atoms with Crippen molar-refractivity contribution in [2.45, 2.75) is 23.0 Å². The van der Waals surface area contributed by atoms with Gasteiger partial charge in [-0.3, -0.25) is 4.79 Å². The van der Waals surface area contributed by atoms with Crippen molar-refractivity contribution in [2.75, 3.05) is 6.54 Å². The number of nitrogens with one attached hydrogen (secondary N) is 1. The number of hydrogen-bond donors (Lipinski definition) is 1. The summed E-state index contributed by atoms with van der Waals surface area (Å²) in [5, 5.41) is 2.89. The van der Waals surface area contributed by atoms with Crippen molar-refractivity contribution in [3.05, 3.63) is 126 Å². The number of carbonyl (C=O) groups excluding carboxylic acids is 1. The van der Waals surface area contributed by atoms with Crippen LogP contribution in [-0.2, 0) is 15.6 Å². The largest absolute Gasteiger partial charge is 0.459 e. The number of rotatable bonds is 9. The van der Waals surface area contributed by atoms with Gasteiger partial charge < -0.3 is 9.73 Å². The first-order valence-corrected chi connectivity index (χ1v) is 12.4. The van der Waals surface area contributed by atoms with Crippen molar-refractivity contribution in [3.8, 4) is 0 Å². The van der Waals surface area contributed by atoms with E-state index in [1.807, 2.05) is 36.4 Å². The fraction of sp³-hybridized carbons (Fsp3) is 0.148. The molecular formula is C27H25NO4S. The number of sulfone groups is 1. The van der Waals surface area contributed by atoms with Crippen molar-refractivity contribution >= 4 is 15.7 Å². The number of furan rings is 1. The SMILES string of the molecule is O=C(NCCC(c1ccccc1)c1ccccc1)c1occc1CS(=O)(=O)c1ccccc1. The number of benzene rings is 3. The highest BCUT2D eigenvalue weighted by Crippen LogP contribution is 2.27. The second-order valence-corrected chi connectivity index (χ2v) is 9.76. The Bertz CT molecular complexity index is 1240. The van der Waals surface area contributed by atoms with Gasteiger partial charge >= 0.3 is 0 Å². The van der Waals surface area contributed by atoms with E-state index in [-0.39, 0.29) is 22.3 Å². The van der Waals surface area contributed by atoms with Crippen LogP contribution in [-0.4, -0.2) is 20.9 Å². The first kappa shape index (κ1) is 22.6. The van der Waals surface area contributed by atoms with Crippen molar-refractivity contribution < 1.29 is 17.6 Å². The number of carbonyl (C=O) groups is 1. The minimum Gasteiger partial charge on any atom is -0.459 e. The van der Waals surface area contributed by atoms with E-state index in [9.17, 15) is 13.2 Å². The van der Waals surface area contributed by atoms with Gasteiger partial charge in [-0.05, 0) is 35.7 Å². The first-order valence-electron chi connectivity index (χ1n) is 10.8. The molecule has 3 aromatic carbocycles. The minimum absolute atomic E-state index is 0.0329. The summed E-state index contributed by atoms with van der Waals surface area (Å²) in [5.74, 6) is -0.557. The van der Waals surface area contributed by atoms with Crippen LogP contribution in [0.3, 0.4) is 0 Å². The lowest BCUT2D eigenvalue weighted by molar-refractivity contribution is 0.0924. The van der Waals surface area contributed by atoms with Gasteiger partial charge in [0.2, 0.25) is 0 Å². The molecule has 0 atom stereocenters. The molecule has 0 aliphatic rings. The van der Waals surface area contributed by atoms with E-state index < -0.39 is 15.7 Å². The molecule has 1 aromatic heterocycles. The molecule has 0 saturated heterocycles. The standard InChI is InChI=1S/C27H25NO4S/c29-27(26-23(17-19-32-26)20-33(30,31)24-14-8-3-9-15-24)28-18-16-25(21-10-4-1-5-11-21)22-12-6-2-7-13-22/h1-15,17,19,25H,16,18,20H2,(H,28,29). The zero-order valence-electron chi connectivity index (χ0n) is 18.1. The van der Waals surface area contributed by atoms with Crippen LogP contribution >= 0.6 is 0 Å². The summed E-state index contributed by atoms with van der Waals surface area (Å²) in [4.78, 5) is 13.0. The summed E-state index contributed by atoms with van der Waals surface area (Å²) in [5.41, 5.74) is 2.69. The van der Waals surface area contributed by atoms with Crippen molar-refractivity contribution in [2.24, 2.45) is 0 Å². The summed E-state index contributed by atoms with van der Waals surface area (Å²) in [6.07, 6.45) is 2.04. The summed E-state index contributed by atoms with van der Waals surface area (Å²) >= 11 is 0. The molecule has 0 fully saturated rings. The fourth-order valence-corrected chi connectivity index (χ4v) is 5.25. The lowest BCUT2D eigenvalue weighted by atomic mass is 9.88. The average Bonchev–Trinajstić information content (AvgIpc) is 3.31. The van der Waals surface area contributed by atoms with Crippen LogP contribution in [0.25, 0.3) is 0 Å². The molecular weight excluding hydrogens is 434 g/mol. The Hall–Kier alpha value is -3.64. The Labute approximate surface area is 194 Å². The Morgan fingerprint density at radius 3 is 1.91 bits per heavy atom. The van der Waals surface area contributed by atoms with Crippen molar-refractivity contribution in [1.29, 1.82) is 0 Å². The third kappa shape index (κ3) is 5.59. The molecule has 33 heavy (non-hydrogen) atoms. The molecule has 5 nitrogen and oxygen atoms in total. The highest BCUT2D eigenvalue weighted by atomic mass is 32.2. The molecule has 0 radical (unpaired) electrons. The second-order valence-electron chi connectivity index (χ2n) is 7.77. The molecule has 4 rings (SSSR count). The van der Waals surface area contributed by atoms with Gasteiger partial charge in [-0.1, -0.05) is 78.9 Å². The van der Waals surface area contributed by atoms with E-state index in [1.165, 1.54) is 23.5 Å². The van der Waals surface area contributed by atoms with Crippen LogP contribution in [0.2, 0.25) is 0 Å². The molecule has 0 spiro atoms. The third-order valence-electron chi connectivity index (χ3n) is 5.52. The zero-order valence-corrected chi connectivity index (χ0v) is 18.9. The second kappa shape index (κ2) is 10.3. The lowest BCUT2D eigenvalue weighted by Gasteiger charge is -2.18.